The Balaban J connectivity index is 2.27. The molecule has 2 rings (SSSR count). The van der Waals surface area contributed by atoms with Crippen LogP contribution in [0, 0.1) is 5.41 Å². The Labute approximate surface area is 116 Å². The third-order valence-electron chi connectivity index (χ3n) is 4.37. The van der Waals surface area contributed by atoms with Crippen LogP contribution in [0.25, 0.3) is 0 Å². The van der Waals surface area contributed by atoms with Crippen molar-refractivity contribution in [2.75, 3.05) is 13.1 Å². The van der Waals surface area contributed by atoms with Crippen molar-refractivity contribution in [3.63, 3.8) is 0 Å². The number of piperidine rings is 1. The molecule has 1 aliphatic rings. The van der Waals surface area contributed by atoms with Crippen LogP contribution in [0.3, 0.4) is 0 Å². The Kier molecular flexibility index (Phi) is 4.76. The maximum absolute atomic E-state index is 13.0. The molecule has 104 valence electrons. The van der Waals surface area contributed by atoms with E-state index in [1.807, 2.05) is 12.1 Å². The van der Waals surface area contributed by atoms with Gasteiger partial charge in [0.05, 0.1) is 0 Å². The summed E-state index contributed by atoms with van der Waals surface area (Å²) in [6.07, 6.45) is 5.05. The first-order valence-electron chi connectivity index (χ1n) is 7.56. The number of aryl methyl sites for hydroxylation is 1. The van der Waals surface area contributed by atoms with Gasteiger partial charge in [-0.2, -0.15) is 0 Å². The van der Waals surface area contributed by atoms with E-state index in [0.717, 1.165) is 50.8 Å². The van der Waals surface area contributed by atoms with Crippen LogP contribution in [0.15, 0.2) is 24.3 Å². The fourth-order valence-electron chi connectivity index (χ4n) is 3.21. The van der Waals surface area contributed by atoms with E-state index < -0.39 is 0 Å². The zero-order valence-corrected chi connectivity index (χ0v) is 12.2. The highest BCUT2D eigenvalue weighted by molar-refractivity contribution is 6.00. The van der Waals surface area contributed by atoms with Crippen molar-refractivity contribution in [3.05, 3.63) is 35.4 Å². The summed E-state index contributed by atoms with van der Waals surface area (Å²) in [6, 6.07) is 8.20. The lowest BCUT2D eigenvalue weighted by Crippen LogP contribution is -2.42. The van der Waals surface area contributed by atoms with E-state index in [1.54, 1.807) is 0 Å². The molecule has 0 radical (unpaired) electrons. The molecule has 2 heteroatoms. The minimum Gasteiger partial charge on any atom is -0.317 e. The molecule has 0 amide bonds. The molecule has 0 atom stereocenters. The molecule has 0 spiro atoms. The molecule has 0 bridgehead atoms. The maximum Gasteiger partial charge on any atom is 0.169 e. The second-order valence-corrected chi connectivity index (χ2v) is 5.66. The van der Waals surface area contributed by atoms with Gasteiger partial charge in [0.15, 0.2) is 5.78 Å². The second-order valence-electron chi connectivity index (χ2n) is 5.66. The molecule has 1 aromatic carbocycles. The normalized spacial score (nSPS) is 18.2. The molecular formula is C17H25NO. The molecule has 1 saturated heterocycles. The summed E-state index contributed by atoms with van der Waals surface area (Å²) in [5.41, 5.74) is 2.05. The van der Waals surface area contributed by atoms with E-state index in [4.69, 9.17) is 0 Å². The van der Waals surface area contributed by atoms with E-state index >= 15 is 0 Å². The van der Waals surface area contributed by atoms with E-state index in [-0.39, 0.29) is 5.41 Å². The Morgan fingerprint density at radius 1 is 1.26 bits per heavy atom. The zero-order chi connectivity index (χ0) is 13.7. The Hall–Kier alpha value is -1.15. The van der Waals surface area contributed by atoms with E-state index in [2.05, 4.69) is 31.3 Å². The Bertz CT molecular complexity index is 427. The highest BCUT2D eigenvalue weighted by Crippen LogP contribution is 2.37. The second kappa shape index (κ2) is 6.33. The van der Waals surface area contributed by atoms with Crippen molar-refractivity contribution in [2.45, 2.75) is 46.0 Å². The number of rotatable bonds is 5. The topological polar surface area (TPSA) is 29.1 Å². The predicted molar refractivity (Wildman–Crippen MR) is 79.6 cm³/mol. The number of ketones is 1. The monoisotopic (exact) mass is 259 g/mol. The minimum atomic E-state index is -0.119. The zero-order valence-electron chi connectivity index (χ0n) is 12.2. The van der Waals surface area contributed by atoms with Crippen molar-refractivity contribution < 1.29 is 4.79 Å². The predicted octanol–water partition coefficient (Wildman–Crippen LogP) is 3.60. The summed E-state index contributed by atoms with van der Waals surface area (Å²) in [4.78, 5) is 13.0. The number of carbonyl (C=O) groups is 1. The summed E-state index contributed by atoms with van der Waals surface area (Å²) in [5.74, 6) is 0.367. The van der Waals surface area contributed by atoms with Crippen LogP contribution in [0.5, 0.6) is 0 Å². The number of hydrogen-bond donors (Lipinski definition) is 1. The first kappa shape index (κ1) is 14.3. The van der Waals surface area contributed by atoms with Gasteiger partial charge in [-0.3, -0.25) is 4.79 Å². The van der Waals surface area contributed by atoms with Gasteiger partial charge in [0, 0.05) is 11.0 Å². The van der Waals surface area contributed by atoms with Crippen LogP contribution < -0.4 is 5.32 Å². The molecule has 19 heavy (non-hydrogen) atoms. The molecule has 0 saturated carbocycles. The number of carbonyl (C=O) groups excluding carboxylic acids is 1. The van der Waals surface area contributed by atoms with E-state index in [0.29, 0.717) is 5.78 Å². The molecule has 1 fully saturated rings. The molecule has 0 unspecified atom stereocenters. The van der Waals surface area contributed by atoms with Crippen molar-refractivity contribution in [3.8, 4) is 0 Å². The molecule has 1 aromatic rings. The highest BCUT2D eigenvalue weighted by Gasteiger charge is 2.38. The summed E-state index contributed by atoms with van der Waals surface area (Å²) in [5, 5.41) is 3.37. The summed E-state index contributed by atoms with van der Waals surface area (Å²) >= 11 is 0. The van der Waals surface area contributed by atoms with Gasteiger partial charge in [-0.05, 0) is 50.4 Å². The molecule has 1 aliphatic heterocycles. The van der Waals surface area contributed by atoms with Crippen molar-refractivity contribution in [2.24, 2.45) is 5.41 Å². The lowest BCUT2D eigenvalue weighted by Gasteiger charge is -2.36. The Morgan fingerprint density at radius 3 is 2.63 bits per heavy atom. The van der Waals surface area contributed by atoms with Gasteiger partial charge in [0.2, 0.25) is 0 Å². The van der Waals surface area contributed by atoms with Gasteiger partial charge in [-0.25, -0.2) is 0 Å². The number of hydrogen-bond acceptors (Lipinski definition) is 2. The SMILES string of the molecule is CCCC1(C(=O)c2cccc(CC)c2)CCNCC1. The average molecular weight is 259 g/mol. The molecule has 0 aromatic heterocycles. The smallest absolute Gasteiger partial charge is 0.169 e. The third-order valence-corrected chi connectivity index (χ3v) is 4.37. The molecular weight excluding hydrogens is 234 g/mol. The number of benzene rings is 1. The quantitative estimate of drug-likeness (QED) is 0.819. The lowest BCUT2D eigenvalue weighted by atomic mass is 9.70. The number of Topliss-reactive ketones (excluding diaryl/α,β-unsaturated/α-hetero) is 1. The minimum absolute atomic E-state index is 0.119. The largest absolute Gasteiger partial charge is 0.317 e. The first-order valence-corrected chi connectivity index (χ1v) is 7.56. The van der Waals surface area contributed by atoms with Crippen molar-refractivity contribution in [1.82, 2.24) is 5.32 Å². The van der Waals surface area contributed by atoms with Gasteiger partial charge >= 0.3 is 0 Å². The fraction of sp³-hybridized carbons (Fsp3) is 0.588. The van der Waals surface area contributed by atoms with E-state index in [1.165, 1.54) is 5.56 Å². The standard InChI is InChI=1S/C17H25NO/c1-3-8-17(9-11-18-12-10-17)16(19)15-7-5-6-14(4-2)13-15/h5-7,13,18H,3-4,8-12H2,1-2H3. The fourth-order valence-corrected chi connectivity index (χ4v) is 3.21. The average Bonchev–Trinajstić information content (AvgIpc) is 2.48. The lowest BCUT2D eigenvalue weighted by molar-refractivity contribution is 0.0704. The third kappa shape index (κ3) is 3.06. The van der Waals surface area contributed by atoms with Gasteiger partial charge in [-0.15, -0.1) is 0 Å². The summed E-state index contributed by atoms with van der Waals surface area (Å²) in [6.45, 7) is 6.26. The van der Waals surface area contributed by atoms with Crippen LogP contribution >= 0.6 is 0 Å². The van der Waals surface area contributed by atoms with Gasteiger partial charge in [0.25, 0.3) is 0 Å². The van der Waals surface area contributed by atoms with E-state index in [9.17, 15) is 4.79 Å². The van der Waals surface area contributed by atoms with Crippen molar-refractivity contribution in [1.29, 1.82) is 0 Å². The van der Waals surface area contributed by atoms with Crippen LogP contribution in [0.2, 0.25) is 0 Å². The maximum atomic E-state index is 13.0. The first-order chi connectivity index (χ1) is 9.22. The van der Waals surface area contributed by atoms with Gasteiger partial charge in [-0.1, -0.05) is 38.5 Å². The molecule has 2 nitrogen and oxygen atoms in total. The highest BCUT2D eigenvalue weighted by atomic mass is 16.1. The summed E-state index contributed by atoms with van der Waals surface area (Å²) in [7, 11) is 0. The molecule has 1 heterocycles. The van der Waals surface area contributed by atoms with Crippen LogP contribution in [-0.4, -0.2) is 18.9 Å². The van der Waals surface area contributed by atoms with Crippen LogP contribution in [0.1, 0.15) is 55.5 Å². The van der Waals surface area contributed by atoms with Crippen LogP contribution in [0.4, 0.5) is 0 Å². The number of nitrogens with one attached hydrogen (secondary N) is 1. The van der Waals surface area contributed by atoms with Gasteiger partial charge < -0.3 is 5.32 Å². The van der Waals surface area contributed by atoms with Gasteiger partial charge in [0.1, 0.15) is 0 Å². The molecule has 1 N–H and O–H groups in total. The van der Waals surface area contributed by atoms with Crippen LogP contribution in [-0.2, 0) is 6.42 Å². The molecule has 0 aliphatic carbocycles. The van der Waals surface area contributed by atoms with Crippen molar-refractivity contribution >= 4 is 5.78 Å². The summed E-state index contributed by atoms with van der Waals surface area (Å²) < 4.78 is 0. The Morgan fingerprint density at radius 2 is 2.00 bits per heavy atom.